The fourth-order valence-corrected chi connectivity index (χ4v) is 2.00. The Morgan fingerprint density at radius 1 is 0.640 bits per heavy atom. The molecular weight excluding hydrogens is 336 g/mol. The second-order valence-corrected chi connectivity index (χ2v) is 4.74. The van der Waals surface area contributed by atoms with Crippen LogP contribution in [0.5, 0.6) is 11.5 Å². The molecule has 0 unspecified atom stereocenters. The first-order valence-corrected chi connectivity index (χ1v) is 6.60. The van der Waals surface area contributed by atoms with Crippen LogP contribution in [0.15, 0.2) is 36.4 Å². The summed E-state index contributed by atoms with van der Waals surface area (Å²) in [7, 11) is 0. The molecule has 2 aromatic rings. The molecule has 0 amide bonds. The quantitative estimate of drug-likeness (QED) is 0.615. The van der Waals surface area contributed by atoms with Crippen molar-refractivity contribution in [3.63, 3.8) is 0 Å². The van der Waals surface area contributed by atoms with Crippen LogP contribution in [0.25, 0.3) is 0 Å². The summed E-state index contributed by atoms with van der Waals surface area (Å²) in [6.45, 7) is 0. The van der Waals surface area contributed by atoms with Gasteiger partial charge in [0.05, 0.1) is 16.7 Å². The summed E-state index contributed by atoms with van der Waals surface area (Å²) < 4.78 is 5.30. The van der Waals surface area contributed by atoms with Gasteiger partial charge in [-0.15, -0.1) is 0 Å². The smallest absolute Gasteiger partial charge is 0.339 e. The monoisotopic (exact) mass is 346 g/mol. The van der Waals surface area contributed by atoms with E-state index >= 15 is 0 Å². The lowest BCUT2D eigenvalue weighted by molar-refractivity contribution is 0.0651. The van der Waals surface area contributed by atoms with Gasteiger partial charge in [0, 0.05) is 0 Å². The third-order valence-corrected chi connectivity index (χ3v) is 3.14. The summed E-state index contributed by atoms with van der Waals surface area (Å²) in [5, 5.41) is 36.1. The first-order valence-electron chi connectivity index (χ1n) is 6.60. The van der Waals surface area contributed by atoms with Gasteiger partial charge in [-0.25, -0.2) is 19.2 Å². The summed E-state index contributed by atoms with van der Waals surface area (Å²) in [6.07, 6.45) is 0. The average Bonchev–Trinajstić information content (AvgIpc) is 2.54. The number of carboxylic acid groups (broad SMARTS) is 4. The molecule has 0 atom stereocenters. The first kappa shape index (κ1) is 17.5. The second-order valence-electron chi connectivity index (χ2n) is 4.74. The third-order valence-electron chi connectivity index (χ3n) is 3.14. The zero-order valence-electron chi connectivity index (χ0n) is 12.3. The summed E-state index contributed by atoms with van der Waals surface area (Å²) in [6, 6.07) is 6.22. The lowest BCUT2D eigenvalue weighted by Gasteiger charge is -2.11. The van der Waals surface area contributed by atoms with Gasteiger partial charge in [-0.2, -0.15) is 0 Å². The number of rotatable bonds is 6. The Kier molecular flexibility index (Phi) is 4.69. The molecule has 0 bridgehead atoms. The Balaban J connectivity index is 2.48. The Bertz CT molecular complexity index is 898. The van der Waals surface area contributed by atoms with Crippen LogP contribution < -0.4 is 4.74 Å². The van der Waals surface area contributed by atoms with E-state index in [1.807, 2.05) is 0 Å². The normalized spacial score (nSPS) is 10.1. The van der Waals surface area contributed by atoms with Gasteiger partial charge in [0.15, 0.2) is 0 Å². The van der Waals surface area contributed by atoms with Gasteiger partial charge in [-0.3, -0.25) is 0 Å². The number of hydrogen-bond donors (Lipinski definition) is 4. The molecule has 2 aromatic carbocycles. The van der Waals surface area contributed by atoms with E-state index in [1.165, 1.54) is 0 Å². The topological polar surface area (TPSA) is 158 Å². The van der Waals surface area contributed by atoms with Crippen LogP contribution in [0.2, 0.25) is 0 Å². The maximum absolute atomic E-state index is 11.3. The lowest BCUT2D eigenvalue weighted by Crippen LogP contribution is -2.08. The molecule has 0 radical (unpaired) electrons. The standard InChI is InChI=1S/C16H10O9/c17-13(18)7-1-4-12(11(5-7)16(23)24)25-8-2-3-9(14(19)20)10(6-8)15(21)22/h1-6H,(H,17,18)(H,19,20)(H,21,22)(H,23,24). The molecule has 0 spiro atoms. The summed E-state index contributed by atoms with van der Waals surface area (Å²) in [4.78, 5) is 44.3. The van der Waals surface area contributed by atoms with Crippen molar-refractivity contribution < 1.29 is 44.3 Å². The largest absolute Gasteiger partial charge is 0.478 e. The molecule has 0 aromatic heterocycles. The molecule has 0 saturated heterocycles. The number of hydrogen-bond acceptors (Lipinski definition) is 5. The third kappa shape index (κ3) is 3.72. The van der Waals surface area contributed by atoms with E-state index < -0.39 is 40.6 Å². The van der Waals surface area contributed by atoms with Gasteiger partial charge in [0.1, 0.15) is 17.1 Å². The summed E-state index contributed by atoms with van der Waals surface area (Å²) in [5.41, 5.74) is -1.71. The van der Waals surface area contributed by atoms with Crippen molar-refractivity contribution in [1.82, 2.24) is 0 Å². The number of carboxylic acids is 4. The molecule has 0 heterocycles. The number of carbonyl (C=O) groups is 4. The predicted octanol–water partition coefficient (Wildman–Crippen LogP) is 2.27. The Morgan fingerprint density at radius 2 is 1.24 bits per heavy atom. The molecule has 9 nitrogen and oxygen atoms in total. The van der Waals surface area contributed by atoms with E-state index in [1.54, 1.807) is 0 Å². The van der Waals surface area contributed by atoms with Crippen LogP contribution in [0.3, 0.4) is 0 Å². The van der Waals surface area contributed by atoms with E-state index in [0.717, 1.165) is 36.4 Å². The van der Waals surface area contributed by atoms with Crippen molar-refractivity contribution in [2.24, 2.45) is 0 Å². The van der Waals surface area contributed by atoms with Gasteiger partial charge in [-0.1, -0.05) is 0 Å². The minimum absolute atomic E-state index is 0.118. The van der Waals surface area contributed by atoms with Crippen molar-refractivity contribution in [1.29, 1.82) is 0 Å². The number of aromatic carboxylic acids is 4. The molecule has 0 saturated carbocycles. The van der Waals surface area contributed by atoms with Gasteiger partial charge in [0.25, 0.3) is 0 Å². The molecule has 0 aliphatic rings. The Hall–Kier alpha value is -3.88. The molecule has 2 rings (SSSR count). The average molecular weight is 346 g/mol. The second kappa shape index (κ2) is 6.71. The van der Waals surface area contributed by atoms with E-state index in [0.29, 0.717) is 0 Å². The molecule has 0 aliphatic carbocycles. The molecule has 0 fully saturated rings. The molecular formula is C16H10O9. The molecule has 128 valence electrons. The maximum atomic E-state index is 11.3. The van der Waals surface area contributed by atoms with Crippen LogP contribution in [-0.4, -0.2) is 44.3 Å². The summed E-state index contributed by atoms with van der Waals surface area (Å²) >= 11 is 0. The zero-order valence-corrected chi connectivity index (χ0v) is 12.3. The Labute approximate surface area is 139 Å². The SMILES string of the molecule is O=C(O)c1ccc(Oc2ccc(C(=O)O)c(C(=O)O)c2)c(C(=O)O)c1. The zero-order chi connectivity index (χ0) is 18.7. The van der Waals surface area contributed by atoms with Crippen LogP contribution in [0.1, 0.15) is 41.4 Å². The minimum atomic E-state index is -1.50. The fourth-order valence-electron chi connectivity index (χ4n) is 2.00. The van der Waals surface area contributed by atoms with Crippen LogP contribution in [0.4, 0.5) is 0 Å². The van der Waals surface area contributed by atoms with Crippen molar-refractivity contribution in [3.8, 4) is 11.5 Å². The molecule has 0 aliphatic heterocycles. The highest BCUT2D eigenvalue weighted by Crippen LogP contribution is 2.28. The van der Waals surface area contributed by atoms with Crippen molar-refractivity contribution in [3.05, 3.63) is 58.7 Å². The highest BCUT2D eigenvalue weighted by atomic mass is 16.5. The van der Waals surface area contributed by atoms with Crippen molar-refractivity contribution in [2.75, 3.05) is 0 Å². The van der Waals surface area contributed by atoms with E-state index in [4.69, 9.17) is 25.2 Å². The van der Waals surface area contributed by atoms with Crippen molar-refractivity contribution in [2.45, 2.75) is 0 Å². The summed E-state index contributed by atoms with van der Waals surface area (Å²) in [5.74, 6) is -6.06. The van der Waals surface area contributed by atoms with E-state index in [9.17, 15) is 19.2 Å². The van der Waals surface area contributed by atoms with E-state index in [2.05, 4.69) is 0 Å². The van der Waals surface area contributed by atoms with Gasteiger partial charge < -0.3 is 25.2 Å². The van der Waals surface area contributed by atoms with Crippen molar-refractivity contribution >= 4 is 23.9 Å². The lowest BCUT2D eigenvalue weighted by atomic mass is 10.1. The first-order chi connectivity index (χ1) is 11.7. The molecule has 25 heavy (non-hydrogen) atoms. The fraction of sp³-hybridized carbons (Fsp3) is 0. The van der Waals surface area contributed by atoms with Gasteiger partial charge in [0.2, 0.25) is 0 Å². The number of benzene rings is 2. The molecule has 4 N–H and O–H groups in total. The van der Waals surface area contributed by atoms with Crippen LogP contribution >= 0.6 is 0 Å². The number of ether oxygens (including phenoxy) is 1. The Morgan fingerprint density at radius 3 is 1.76 bits per heavy atom. The maximum Gasteiger partial charge on any atom is 0.339 e. The van der Waals surface area contributed by atoms with Gasteiger partial charge in [-0.05, 0) is 36.4 Å². The highest BCUT2D eigenvalue weighted by Gasteiger charge is 2.19. The molecule has 9 heteroatoms. The predicted molar refractivity (Wildman–Crippen MR) is 80.8 cm³/mol. The highest BCUT2D eigenvalue weighted by molar-refractivity contribution is 6.02. The minimum Gasteiger partial charge on any atom is -0.478 e. The van der Waals surface area contributed by atoms with Gasteiger partial charge >= 0.3 is 23.9 Å². The van der Waals surface area contributed by atoms with E-state index in [-0.39, 0.29) is 17.1 Å². The van der Waals surface area contributed by atoms with Crippen LogP contribution in [0, 0.1) is 0 Å². The van der Waals surface area contributed by atoms with Crippen LogP contribution in [-0.2, 0) is 0 Å².